The maximum atomic E-state index is 12.7. The highest BCUT2D eigenvalue weighted by atomic mass is 16.6. The first-order chi connectivity index (χ1) is 21.3. The summed E-state index contributed by atoms with van der Waals surface area (Å²) in [5.74, 6) is 2.96. The van der Waals surface area contributed by atoms with E-state index in [0.29, 0.717) is 28.1 Å². The minimum atomic E-state index is -0.270. The zero-order valence-electron chi connectivity index (χ0n) is 29.2. The van der Waals surface area contributed by atoms with Crippen LogP contribution in [0.5, 0.6) is 0 Å². The SMILES string of the molecule is CC(C)C(OC(=O)N(C)C)C1CCC2C(CC3C4CCC5C(C)(C)C(OC(=O)NC6CNC6)CCC56CC46CCC23C)O1.CO. The molecule has 0 aromatic heterocycles. The number of nitrogens with one attached hydrogen (secondary N) is 2. The Morgan fingerprint density at radius 3 is 2.29 bits per heavy atom. The molecule has 0 aromatic rings. The number of rotatable bonds is 5. The first kappa shape index (κ1) is 33.3. The van der Waals surface area contributed by atoms with Crippen LogP contribution in [-0.4, -0.2) is 86.9 Å². The van der Waals surface area contributed by atoms with Crippen molar-refractivity contribution < 1.29 is 28.9 Å². The second kappa shape index (κ2) is 11.8. The molecule has 7 fully saturated rings. The zero-order chi connectivity index (χ0) is 32.5. The number of fused-ring (bicyclic) bond motifs is 4. The third-order valence-electron chi connectivity index (χ3n) is 14.5. The van der Waals surface area contributed by atoms with E-state index in [1.54, 1.807) is 14.1 Å². The number of aliphatic hydroxyl groups excluding tert-OH is 1. The van der Waals surface area contributed by atoms with Crippen LogP contribution in [0.25, 0.3) is 0 Å². The van der Waals surface area contributed by atoms with Crippen LogP contribution in [-0.2, 0) is 14.2 Å². The molecule has 11 unspecified atom stereocenters. The van der Waals surface area contributed by atoms with E-state index in [1.807, 2.05) is 0 Å². The Morgan fingerprint density at radius 1 is 0.933 bits per heavy atom. The van der Waals surface area contributed by atoms with Crippen molar-refractivity contribution in [2.75, 3.05) is 34.3 Å². The van der Waals surface area contributed by atoms with E-state index in [0.717, 1.165) is 44.9 Å². The molecular formula is C36H61N3O6. The van der Waals surface area contributed by atoms with Gasteiger partial charge in [0, 0.05) is 39.7 Å². The van der Waals surface area contributed by atoms with Crippen LogP contribution in [0.2, 0.25) is 0 Å². The summed E-state index contributed by atoms with van der Waals surface area (Å²) in [4.78, 5) is 26.8. The van der Waals surface area contributed by atoms with E-state index in [4.69, 9.17) is 19.3 Å². The molecular weight excluding hydrogens is 570 g/mol. The topological polar surface area (TPSA) is 109 Å². The monoisotopic (exact) mass is 631 g/mol. The van der Waals surface area contributed by atoms with Gasteiger partial charge < -0.3 is 34.9 Å². The van der Waals surface area contributed by atoms with Gasteiger partial charge >= 0.3 is 12.2 Å². The molecule has 2 amide bonds. The molecule has 11 atom stereocenters. The summed E-state index contributed by atoms with van der Waals surface area (Å²) in [6.45, 7) is 13.4. The van der Waals surface area contributed by atoms with Gasteiger partial charge in [-0.05, 0) is 110 Å². The summed E-state index contributed by atoms with van der Waals surface area (Å²) >= 11 is 0. The average Bonchev–Trinajstić information content (AvgIpc) is 3.55. The molecule has 3 N–H and O–H groups in total. The predicted molar refractivity (Wildman–Crippen MR) is 173 cm³/mol. The molecule has 7 rings (SSSR count). The molecule has 5 aliphatic carbocycles. The van der Waals surface area contributed by atoms with Gasteiger partial charge in [-0.25, -0.2) is 9.59 Å². The Kier molecular flexibility index (Phi) is 8.76. The average molecular weight is 632 g/mol. The van der Waals surface area contributed by atoms with Crippen LogP contribution in [0.15, 0.2) is 0 Å². The molecule has 7 aliphatic rings. The molecule has 256 valence electrons. The van der Waals surface area contributed by atoms with Crippen molar-refractivity contribution in [1.29, 1.82) is 0 Å². The Balaban J connectivity index is 0.00000175. The molecule has 9 heteroatoms. The number of nitrogens with zero attached hydrogens (tertiary/aromatic N) is 1. The fourth-order valence-electron chi connectivity index (χ4n) is 12.3. The first-order valence-corrected chi connectivity index (χ1v) is 18.0. The van der Waals surface area contributed by atoms with Gasteiger partial charge in [0.25, 0.3) is 0 Å². The summed E-state index contributed by atoms with van der Waals surface area (Å²) in [6.07, 6.45) is 11.7. The second-order valence-corrected chi connectivity index (χ2v) is 17.2. The fourth-order valence-corrected chi connectivity index (χ4v) is 12.3. The van der Waals surface area contributed by atoms with Gasteiger partial charge in [-0.15, -0.1) is 0 Å². The maximum Gasteiger partial charge on any atom is 0.409 e. The number of hydrogen-bond donors (Lipinski definition) is 3. The Hall–Kier alpha value is -1.58. The van der Waals surface area contributed by atoms with Crippen LogP contribution in [0.1, 0.15) is 98.8 Å². The third-order valence-corrected chi connectivity index (χ3v) is 14.5. The lowest BCUT2D eigenvalue weighted by Crippen LogP contribution is -2.59. The Labute approximate surface area is 271 Å². The number of carbonyl (C=O) groups is 2. The third kappa shape index (κ3) is 5.11. The first-order valence-electron chi connectivity index (χ1n) is 18.0. The number of ether oxygens (including phenoxy) is 3. The number of alkyl carbamates (subject to hydrolysis) is 1. The summed E-state index contributed by atoms with van der Waals surface area (Å²) in [5, 5.41) is 13.3. The molecule has 2 spiro atoms. The quantitative estimate of drug-likeness (QED) is 0.363. The minimum absolute atomic E-state index is 0.00147. The highest BCUT2D eigenvalue weighted by molar-refractivity contribution is 5.68. The van der Waals surface area contributed by atoms with Gasteiger partial charge in [-0.3, -0.25) is 0 Å². The van der Waals surface area contributed by atoms with Crippen LogP contribution >= 0.6 is 0 Å². The van der Waals surface area contributed by atoms with Crippen LogP contribution in [0, 0.1) is 51.2 Å². The number of amides is 2. The fraction of sp³-hybridized carbons (Fsp3) is 0.944. The molecule has 9 nitrogen and oxygen atoms in total. The normalized spacial score (nSPS) is 44.6. The van der Waals surface area contributed by atoms with E-state index in [-0.39, 0.29) is 54.0 Å². The highest BCUT2D eigenvalue weighted by Gasteiger charge is 2.81. The lowest BCUT2D eigenvalue weighted by Gasteiger charge is -2.59. The van der Waals surface area contributed by atoms with Crippen LogP contribution in [0.4, 0.5) is 9.59 Å². The van der Waals surface area contributed by atoms with Gasteiger partial charge in [-0.2, -0.15) is 0 Å². The summed E-state index contributed by atoms with van der Waals surface area (Å²) in [7, 11) is 4.50. The molecule has 0 aromatic carbocycles. The highest BCUT2D eigenvalue weighted by Crippen LogP contribution is 2.87. The standard InChI is InChI=1S/C35H57N3O5.CH4O/c1-20(2)29(43-31(40)38(6)7)25-10-8-23-26(41-25)16-24-22-9-11-27-32(3,4)28(42-30(39)37-21-17-36-18-21)12-13-35(27)19-34(22,35)15-14-33(23,24)5;1-2/h20-29,36H,8-19H2,1-7H3,(H,37,39);2H,1H3. The summed E-state index contributed by atoms with van der Waals surface area (Å²) < 4.78 is 19.1. The van der Waals surface area contributed by atoms with Crippen molar-refractivity contribution in [2.45, 2.75) is 129 Å². The van der Waals surface area contributed by atoms with Crippen molar-refractivity contribution in [3.8, 4) is 0 Å². The molecule has 0 bridgehead atoms. The summed E-state index contributed by atoms with van der Waals surface area (Å²) in [5.41, 5.74) is 1.24. The van der Waals surface area contributed by atoms with Gasteiger partial charge in [0.05, 0.1) is 18.2 Å². The molecule has 2 aliphatic heterocycles. The van der Waals surface area contributed by atoms with E-state index >= 15 is 0 Å². The molecule has 0 radical (unpaired) electrons. The molecule has 2 heterocycles. The molecule has 2 saturated heterocycles. The van der Waals surface area contributed by atoms with Crippen LogP contribution < -0.4 is 10.6 Å². The van der Waals surface area contributed by atoms with Gasteiger partial charge in [0.15, 0.2) is 0 Å². The number of hydrogen-bond acceptors (Lipinski definition) is 7. The van der Waals surface area contributed by atoms with Crippen molar-refractivity contribution in [1.82, 2.24) is 15.5 Å². The summed E-state index contributed by atoms with van der Waals surface area (Å²) in [6, 6.07) is 0.211. The van der Waals surface area contributed by atoms with Gasteiger partial charge in [0.1, 0.15) is 12.2 Å². The molecule has 5 saturated carbocycles. The Bertz CT molecular complexity index is 1130. The van der Waals surface area contributed by atoms with E-state index in [9.17, 15) is 9.59 Å². The zero-order valence-corrected chi connectivity index (χ0v) is 29.2. The Morgan fingerprint density at radius 2 is 1.64 bits per heavy atom. The van der Waals surface area contributed by atoms with Crippen molar-refractivity contribution in [3.63, 3.8) is 0 Å². The van der Waals surface area contributed by atoms with Crippen molar-refractivity contribution in [3.05, 3.63) is 0 Å². The number of aliphatic hydroxyl groups is 1. The number of carbonyl (C=O) groups excluding carboxylic acids is 2. The van der Waals surface area contributed by atoms with Gasteiger partial charge in [0.2, 0.25) is 0 Å². The predicted octanol–water partition coefficient (Wildman–Crippen LogP) is 5.59. The lowest BCUT2D eigenvalue weighted by atomic mass is 9.46. The van der Waals surface area contributed by atoms with Crippen LogP contribution in [0.3, 0.4) is 0 Å². The lowest BCUT2D eigenvalue weighted by molar-refractivity contribution is -0.150. The van der Waals surface area contributed by atoms with Gasteiger partial charge in [-0.1, -0.05) is 34.6 Å². The smallest absolute Gasteiger partial charge is 0.409 e. The largest absolute Gasteiger partial charge is 0.446 e. The van der Waals surface area contributed by atoms with E-state index in [1.165, 1.54) is 56.3 Å². The van der Waals surface area contributed by atoms with E-state index in [2.05, 4.69) is 45.3 Å². The maximum absolute atomic E-state index is 12.7. The second-order valence-electron chi connectivity index (χ2n) is 17.2. The van der Waals surface area contributed by atoms with E-state index < -0.39 is 0 Å². The van der Waals surface area contributed by atoms with Crippen molar-refractivity contribution in [2.24, 2.45) is 51.2 Å². The minimum Gasteiger partial charge on any atom is -0.446 e. The van der Waals surface area contributed by atoms with Crippen molar-refractivity contribution >= 4 is 12.2 Å². The molecule has 45 heavy (non-hydrogen) atoms.